The van der Waals surface area contributed by atoms with E-state index in [1.54, 1.807) is 0 Å². The van der Waals surface area contributed by atoms with Crippen molar-refractivity contribution in [2.24, 2.45) is 0 Å². The average molecular weight is 228 g/mol. The Morgan fingerprint density at radius 2 is 1.81 bits per heavy atom. The summed E-state index contributed by atoms with van der Waals surface area (Å²) >= 11 is 0. The number of rotatable bonds is 9. The van der Waals surface area contributed by atoms with Crippen molar-refractivity contribution in [1.29, 1.82) is 0 Å². The highest BCUT2D eigenvalue weighted by Gasteiger charge is 2.10. The molecule has 0 bridgehead atoms. The maximum atomic E-state index is 11.7. The summed E-state index contributed by atoms with van der Waals surface area (Å²) in [6.45, 7) is 10.9. The van der Waals surface area contributed by atoms with Gasteiger partial charge in [0.25, 0.3) is 0 Å². The van der Waals surface area contributed by atoms with E-state index in [4.69, 9.17) is 0 Å². The molecule has 1 unspecified atom stereocenters. The monoisotopic (exact) mass is 228 g/mol. The minimum absolute atomic E-state index is 0.267. The van der Waals surface area contributed by atoms with Crippen molar-refractivity contribution in [3.63, 3.8) is 0 Å². The van der Waals surface area contributed by atoms with Crippen LogP contribution in [0, 0.1) is 0 Å². The van der Waals surface area contributed by atoms with Gasteiger partial charge < -0.3 is 10.2 Å². The molecule has 0 heterocycles. The lowest BCUT2D eigenvalue weighted by molar-refractivity contribution is -0.130. The first-order chi connectivity index (χ1) is 7.69. The van der Waals surface area contributed by atoms with Crippen molar-refractivity contribution in [2.45, 2.75) is 59.4 Å². The lowest BCUT2D eigenvalue weighted by Crippen LogP contribution is -2.35. The molecule has 0 aliphatic heterocycles. The molecule has 1 N–H and O–H groups in total. The van der Waals surface area contributed by atoms with E-state index in [0.29, 0.717) is 12.5 Å². The fourth-order valence-electron chi connectivity index (χ4n) is 1.92. The lowest BCUT2D eigenvalue weighted by atomic mass is 10.1. The van der Waals surface area contributed by atoms with E-state index in [1.165, 1.54) is 12.8 Å². The van der Waals surface area contributed by atoms with Crippen LogP contribution in [0.2, 0.25) is 0 Å². The zero-order valence-corrected chi connectivity index (χ0v) is 11.4. The fourth-order valence-corrected chi connectivity index (χ4v) is 1.92. The number of amides is 1. The largest absolute Gasteiger partial charge is 0.343 e. The van der Waals surface area contributed by atoms with Gasteiger partial charge in [-0.2, -0.15) is 0 Å². The second kappa shape index (κ2) is 9.64. The number of hydrogen-bond donors (Lipinski definition) is 1. The quantitative estimate of drug-likeness (QED) is 0.657. The maximum Gasteiger partial charge on any atom is 0.223 e. The van der Waals surface area contributed by atoms with E-state index in [0.717, 1.165) is 26.1 Å². The van der Waals surface area contributed by atoms with Crippen LogP contribution in [0.5, 0.6) is 0 Å². The first-order valence-electron chi connectivity index (χ1n) is 6.70. The van der Waals surface area contributed by atoms with E-state index in [-0.39, 0.29) is 5.91 Å². The molecule has 0 aromatic carbocycles. The fraction of sp³-hybridized carbons (Fsp3) is 0.923. The van der Waals surface area contributed by atoms with Gasteiger partial charge >= 0.3 is 0 Å². The number of carbonyl (C=O) groups is 1. The highest BCUT2D eigenvalue weighted by molar-refractivity contribution is 5.76. The molecule has 1 amide bonds. The van der Waals surface area contributed by atoms with Crippen molar-refractivity contribution in [3.05, 3.63) is 0 Å². The van der Waals surface area contributed by atoms with Crippen molar-refractivity contribution >= 4 is 5.91 Å². The third kappa shape index (κ3) is 6.11. The summed E-state index contributed by atoms with van der Waals surface area (Å²) in [5.74, 6) is 0.267. The third-order valence-electron chi connectivity index (χ3n) is 3.02. The Morgan fingerprint density at radius 3 is 2.25 bits per heavy atom. The summed E-state index contributed by atoms with van der Waals surface area (Å²) in [7, 11) is 0. The summed E-state index contributed by atoms with van der Waals surface area (Å²) in [4.78, 5) is 13.6. The molecule has 0 saturated heterocycles. The van der Waals surface area contributed by atoms with Crippen molar-refractivity contribution in [3.8, 4) is 0 Å². The number of hydrogen-bond acceptors (Lipinski definition) is 2. The number of nitrogens with zero attached hydrogens (tertiary/aromatic N) is 1. The molecule has 3 nitrogen and oxygen atoms in total. The molecule has 0 aliphatic rings. The van der Waals surface area contributed by atoms with Crippen LogP contribution in [0.1, 0.15) is 53.4 Å². The van der Waals surface area contributed by atoms with Crippen molar-refractivity contribution in [1.82, 2.24) is 10.2 Å². The topological polar surface area (TPSA) is 32.3 Å². The molecule has 0 saturated carbocycles. The van der Waals surface area contributed by atoms with Gasteiger partial charge in [0.2, 0.25) is 5.91 Å². The Balaban J connectivity index is 3.74. The first-order valence-corrected chi connectivity index (χ1v) is 6.70. The molecule has 1 atom stereocenters. The SMILES string of the molecule is CCCC(CC)NCCC(=O)N(CC)CC. The Kier molecular flexibility index (Phi) is 9.30. The number of carbonyl (C=O) groups excluding carboxylic acids is 1. The smallest absolute Gasteiger partial charge is 0.223 e. The summed E-state index contributed by atoms with van der Waals surface area (Å²) in [6.07, 6.45) is 4.18. The second-order valence-electron chi connectivity index (χ2n) is 4.16. The summed E-state index contributed by atoms with van der Waals surface area (Å²) < 4.78 is 0. The minimum Gasteiger partial charge on any atom is -0.343 e. The third-order valence-corrected chi connectivity index (χ3v) is 3.02. The summed E-state index contributed by atoms with van der Waals surface area (Å²) in [6, 6.07) is 0.578. The zero-order chi connectivity index (χ0) is 12.4. The van der Waals surface area contributed by atoms with Crippen LogP contribution in [0.25, 0.3) is 0 Å². The Labute approximate surface area is 101 Å². The predicted octanol–water partition coefficient (Wildman–Crippen LogP) is 2.41. The van der Waals surface area contributed by atoms with E-state index < -0.39 is 0 Å². The van der Waals surface area contributed by atoms with Gasteiger partial charge in [0, 0.05) is 32.1 Å². The van der Waals surface area contributed by atoms with Gasteiger partial charge in [-0.3, -0.25) is 4.79 Å². The lowest BCUT2D eigenvalue weighted by Gasteiger charge is -2.20. The molecule has 0 aliphatic carbocycles. The van der Waals surface area contributed by atoms with Crippen LogP contribution in [0.15, 0.2) is 0 Å². The normalized spacial score (nSPS) is 12.5. The zero-order valence-electron chi connectivity index (χ0n) is 11.4. The Hall–Kier alpha value is -0.570. The average Bonchev–Trinajstić information content (AvgIpc) is 2.29. The molecule has 0 aromatic rings. The molecule has 16 heavy (non-hydrogen) atoms. The van der Waals surface area contributed by atoms with Gasteiger partial charge in [-0.05, 0) is 26.7 Å². The molecule has 96 valence electrons. The molecular formula is C13H28N2O. The van der Waals surface area contributed by atoms with E-state index in [9.17, 15) is 4.79 Å². The van der Waals surface area contributed by atoms with Crippen LogP contribution in [-0.4, -0.2) is 36.5 Å². The van der Waals surface area contributed by atoms with Gasteiger partial charge in [-0.15, -0.1) is 0 Å². The maximum absolute atomic E-state index is 11.7. The van der Waals surface area contributed by atoms with Gasteiger partial charge in [0.05, 0.1) is 0 Å². The van der Waals surface area contributed by atoms with Crippen LogP contribution >= 0.6 is 0 Å². The number of nitrogens with one attached hydrogen (secondary N) is 1. The standard InChI is InChI=1S/C13H28N2O/c1-5-9-12(6-2)14-11-10-13(16)15(7-3)8-4/h12,14H,5-11H2,1-4H3. The second-order valence-corrected chi connectivity index (χ2v) is 4.16. The van der Waals surface area contributed by atoms with E-state index in [1.807, 2.05) is 18.7 Å². The molecule has 0 fully saturated rings. The highest BCUT2D eigenvalue weighted by Crippen LogP contribution is 2.01. The molecule has 0 rings (SSSR count). The van der Waals surface area contributed by atoms with Crippen LogP contribution in [0.4, 0.5) is 0 Å². The molecule has 0 aromatic heterocycles. The molecule has 3 heteroatoms. The van der Waals surface area contributed by atoms with Crippen LogP contribution in [-0.2, 0) is 4.79 Å². The molecule has 0 radical (unpaired) electrons. The van der Waals surface area contributed by atoms with Gasteiger partial charge in [0.15, 0.2) is 0 Å². The van der Waals surface area contributed by atoms with Crippen molar-refractivity contribution in [2.75, 3.05) is 19.6 Å². The highest BCUT2D eigenvalue weighted by atomic mass is 16.2. The van der Waals surface area contributed by atoms with E-state index in [2.05, 4.69) is 19.2 Å². The van der Waals surface area contributed by atoms with Crippen LogP contribution in [0.3, 0.4) is 0 Å². The predicted molar refractivity (Wildman–Crippen MR) is 69.5 cm³/mol. The molecule has 0 spiro atoms. The molecular weight excluding hydrogens is 200 g/mol. The Morgan fingerprint density at radius 1 is 1.19 bits per heavy atom. The Bertz CT molecular complexity index is 179. The van der Waals surface area contributed by atoms with Gasteiger partial charge in [0.1, 0.15) is 0 Å². The first kappa shape index (κ1) is 15.4. The van der Waals surface area contributed by atoms with Gasteiger partial charge in [-0.1, -0.05) is 20.3 Å². The van der Waals surface area contributed by atoms with Crippen LogP contribution < -0.4 is 5.32 Å². The van der Waals surface area contributed by atoms with Crippen molar-refractivity contribution < 1.29 is 4.79 Å². The van der Waals surface area contributed by atoms with E-state index >= 15 is 0 Å². The minimum atomic E-state index is 0.267. The van der Waals surface area contributed by atoms with Gasteiger partial charge in [-0.25, -0.2) is 0 Å². The summed E-state index contributed by atoms with van der Waals surface area (Å²) in [5.41, 5.74) is 0. The summed E-state index contributed by atoms with van der Waals surface area (Å²) in [5, 5.41) is 3.46.